The van der Waals surface area contributed by atoms with Gasteiger partial charge in [0.15, 0.2) is 0 Å². The van der Waals surface area contributed by atoms with Gasteiger partial charge in [0.05, 0.1) is 30.7 Å². The number of esters is 1. The van der Waals surface area contributed by atoms with Gasteiger partial charge < -0.3 is 14.0 Å². The van der Waals surface area contributed by atoms with Crippen LogP contribution in [0.3, 0.4) is 0 Å². The van der Waals surface area contributed by atoms with E-state index >= 15 is 0 Å². The number of aromatic nitrogens is 1. The van der Waals surface area contributed by atoms with Gasteiger partial charge in [0, 0.05) is 13.2 Å². The maximum atomic E-state index is 11.6. The molecule has 4 heteroatoms. The van der Waals surface area contributed by atoms with Gasteiger partial charge in [-0.05, 0) is 12.1 Å². The van der Waals surface area contributed by atoms with Crippen LogP contribution in [0.2, 0.25) is 0 Å². The maximum absolute atomic E-state index is 11.6. The lowest BCUT2D eigenvalue weighted by Crippen LogP contribution is -2.00. The Labute approximate surface area is 93.4 Å². The van der Waals surface area contributed by atoms with Gasteiger partial charge in [0.1, 0.15) is 5.75 Å². The highest BCUT2D eigenvalue weighted by Crippen LogP contribution is 2.30. The number of rotatable bonds is 2. The Morgan fingerprint density at radius 3 is 2.69 bits per heavy atom. The molecule has 16 heavy (non-hydrogen) atoms. The lowest BCUT2D eigenvalue weighted by Gasteiger charge is -2.03. The Balaban J connectivity index is 2.79. The molecule has 0 radical (unpaired) electrons. The third-order valence-corrected chi connectivity index (χ3v) is 2.60. The molecule has 0 aliphatic heterocycles. The van der Waals surface area contributed by atoms with Gasteiger partial charge in [0.2, 0.25) is 0 Å². The van der Waals surface area contributed by atoms with Crippen LogP contribution in [-0.4, -0.2) is 24.8 Å². The minimum atomic E-state index is -0.352. The molecule has 0 aliphatic carbocycles. The topological polar surface area (TPSA) is 40.5 Å². The summed E-state index contributed by atoms with van der Waals surface area (Å²) in [6.07, 6.45) is 1.75. The molecule has 2 rings (SSSR count). The average molecular weight is 219 g/mol. The van der Waals surface area contributed by atoms with Crippen molar-refractivity contribution in [2.45, 2.75) is 0 Å². The summed E-state index contributed by atoms with van der Waals surface area (Å²) in [4.78, 5) is 11.6. The van der Waals surface area contributed by atoms with Crippen molar-refractivity contribution >= 4 is 16.9 Å². The lowest BCUT2D eigenvalue weighted by atomic mass is 10.1. The fraction of sp³-hybridized carbons (Fsp3) is 0.250. The van der Waals surface area contributed by atoms with Crippen molar-refractivity contribution in [1.29, 1.82) is 0 Å². The molecule has 0 aliphatic rings. The normalized spacial score (nSPS) is 10.4. The van der Waals surface area contributed by atoms with E-state index in [1.807, 2.05) is 29.8 Å². The molecule has 0 saturated heterocycles. The van der Waals surface area contributed by atoms with Crippen molar-refractivity contribution in [3.63, 3.8) is 0 Å². The summed E-state index contributed by atoms with van der Waals surface area (Å²) in [5.41, 5.74) is 1.47. The van der Waals surface area contributed by atoms with Crippen LogP contribution in [0.1, 0.15) is 10.4 Å². The molecule has 0 N–H and O–H groups in total. The van der Waals surface area contributed by atoms with E-state index in [9.17, 15) is 4.79 Å². The van der Waals surface area contributed by atoms with E-state index < -0.39 is 0 Å². The molecule has 1 aromatic heterocycles. The first-order chi connectivity index (χ1) is 7.69. The summed E-state index contributed by atoms with van der Waals surface area (Å²) < 4.78 is 11.9. The van der Waals surface area contributed by atoms with Crippen molar-refractivity contribution < 1.29 is 14.3 Å². The largest absolute Gasteiger partial charge is 0.496 e. The van der Waals surface area contributed by atoms with E-state index in [1.165, 1.54) is 7.11 Å². The molecule has 1 aromatic carbocycles. The summed E-state index contributed by atoms with van der Waals surface area (Å²) in [7, 11) is 4.84. The van der Waals surface area contributed by atoms with Gasteiger partial charge in [0.25, 0.3) is 0 Å². The quantitative estimate of drug-likeness (QED) is 0.725. The third kappa shape index (κ3) is 1.43. The molecule has 0 saturated carbocycles. The Morgan fingerprint density at radius 1 is 1.31 bits per heavy atom. The summed E-state index contributed by atoms with van der Waals surface area (Å²) in [6.45, 7) is 0. The number of hydrogen-bond acceptors (Lipinski definition) is 3. The molecule has 4 nitrogen and oxygen atoms in total. The standard InChI is InChI=1S/C12H13NO3/c1-13-7-8(12(14)16-3)11-9(13)5-4-6-10(11)15-2/h4-7H,1-3H3. The van der Waals surface area contributed by atoms with E-state index in [2.05, 4.69) is 0 Å². The monoisotopic (exact) mass is 219 g/mol. The smallest absolute Gasteiger partial charge is 0.340 e. The highest BCUT2D eigenvalue weighted by molar-refractivity contribution is 6.06. The van der Waals surface area contributed by atoms with Gasteiger partial charge in [-0.2, -0.15) is 0 Å². The van der Waals surface area contributed by atoms with Crippen LogP contribution in [0.5, 0.6) is 5.75 Å². The van der Waals surface area contributed by atoms with E-state index in [0.29, 0.717) is 11.3 Å². The average Bonchev–Trinajstić information content (AvgIpc) is 2.66. The van der Waals surface area contributed by atoms with E-state index in [1.54, 1.807) is 13.3 Å². The first-order valence-corrected chi connectivity index (χ1v) is 4.89. The SMILES string of the molecule is COC(=O)c1cn(C)c2cccc(OC)c12. The molecular formula is C12H13NO3. The predicted molar refractivity (Wildman–Crippen MR) is 60.8 cm³/mol. The summed E-state index contributed by atoms with van der Waals surface area (Å²) in [5.74, 6) is 0.327. The summed E-state index contributed by atoms with van der Waals surface area (Å²) in [5, 5.41) is 0.791. The van der Waals surface area contributed by atoms with Crippen LogP contribution in [0.25, 0.3) is 10.9 Å². The number of methoxy groups -OCH3 is 2. The first-order valence-electron chi connectivity index (χ1n) is 4.89. The Morgan fingerprint density at radius 2 is 2.06 bits per heavy atom. The molecule has 84 valence electrons. The number of carbonyl (C=O) groups is 1. The van der Waals surface area contributed by atoms with Crippen molar-refractivity contribution in [2.24, 2.45) is 7.05 Å². The van der Waals surface area contributed by atoms with Crippen molar-refractivity contribution in [3.8, 4) is 5.75 Å². The predicted octanol–water partition coefficient (Wildman–Crippen LogP) is 1.97. The van der Waals surface area contributed by atoms with Crippen molar-refractivity contribution in [1.82, 2.24) is 4.57 Å². The highest BCUT2D eigenvalue weighted by atomic mass is 16.5. The molecular weight excluding hydrogens is 206 g/mol. The van der Waals surface area contributed by atoms with Crippen LogP contribution >= 0.6 is 0 Å². The second kappa shape index (κ2) is 3.89. The van der Waals surface area contributed by atoms with E-state index in [4.69, 9.17) is 9.47 Å². The van der Waals surface area contributed by atoms with Crippen LogP contribution in [0.15, 0.2) is 24.4 Å². The zero-order valence-electron chi connectivity index (χ0n) is 9.48. The van der Waals surface area contributed by atoms with Crippen LogP contribution < -0.4 is 4.74 Å². The fourth-order valence-electron chi connectivity index (χ4n) is 1.85. The molecule has 0 bridgehead atoms. The van der Waals surface area contributed by atoms with Gasteiger partial charge in [-0.15, -0.1) is 0 Å². The first kappa shape index (κ1) is 10.5. The second-order valence-corrected chi connectivity index (χ2v) is 3.50. The van der Waals surface area contributed by atoms with Gasteiger partial charge in [-0.1, -0.05) is 6.07 Å². The molecule has 0 atom stereocenters. The zero-order chi connectivity index (χ0) is 11.7. The zero-order valence-corrected chi connectivity index (χ0v) is 9.48. The Kier molecular flexibility index (Phi) is 2.56. The highest BCUT2D eigenvalue weighted by Gasteiger charge is 2.17. The van der Waals surface area contributed by atoms with Gasteiger partial charge >= 0.3 is 5.97 Å². The third-order valence-electron chi connectivity index (χ3n) is 2.60. The number of ether oxygens (including phenoxy) is 2. The van der Waals surface area contributed by atoms with Crippen molar-refractivity contribution in [2.75, 3.05) is 14.2 Å². The van der Waals surface area contributed by atoms with Crippen LogP contribution in [-0.2, 0) is 11.8 Å². The van der Waals surface area contributed by atoms with E-state index in [0.717, 1.165) is 10.9 Å². The number of carbonyl (C=O) groups excluding carboxylic acids is 1. The summed E-state index contributed by atoms with van der Waals surface area (Å²) in [6, 6.07) is 5.65. The fourth-order valence-corrected chi connectivity index (χ4v) is 1.85. The molecule has 0 fully saturated rings. The Hall–Kier alpha value is -1.97. The molecule has 0 amide bonds. The molecule has 0 spiro atoms. The summed E-state index contributed by atoms with van der Waals surface area (Å²) >= 11 is 0. The van der Waals surface area contributed by atoms with Crippen molar-refractivity contribution in [3.05, 3.63) is 30.0 Å². The number of aryl methyl sites for hydroxylation is 1. The van der Waals surface area contributed by atoms with Crippen LogP contribution in [0.4, 0.5) is 0 Å². The lowest BCUT2D eigenvalue weighted by molar-refractivity contribution is 0.0602. The number of benzene rings is 1. The Bertz CT molecular complexity index is 542. The number of fused-ring (bicyclic) bond motifs is 1. The molecule has 0 unspecified atom stereocenters. The van der Waals surface area contributed by atoms with Crippen LogP contribution in [0, 0.1) is 0 Å². The number of nitrogens with zero attached hydrogens (tertiary/aromatic N) is 1. The van der Waals surface area contributed by atoms with Gasteiger partial charge in [-0.25, -0.2) is 4.79 Å². The minimum Gasteiger partial charge on any atom is -0.496 e. The number of hydrogen-bond donors (Lipinski definition) is 0. The second-order valence-electron chi connectivity index (χ2n) is 3.50. The minimum absolute atomic E-state index is 0.352. The molecule has 2 aromatic rings. The maximum Gasteiger partial charge on any atom is 0.340 e. The van der Waals surface area contributed by atoms with E-state index in [-0.39, 0.29) is 5.97 Å². The molecule has 1 heterocycles. The van der Waals surface area contributed by atoms with Gasteiger partial charge in [-0.3, -0.25) is 0 Å².